The first-order chi connectivity index (χ1) is 23.5. The van der Waals surface area contributed by atoms with Crippen molar-refractivity contribution in [2.75, 3.05) is 23.0 Å². The maximum Gasteiger partial charge on any atom is 2.00 e. The molecule has 0 aromatic heterocycles. The van der Waals surface area contributed by atoms with Crippen LogP contribution in [0.15, 0.2) is 0 Å². The number of carboxylic acid groups (broad SMARTS) is 2. The van der Waals surface area contributed by atoms with E-state index in [1.165, 1.54) is 205 Å². The summed E-state index contributed by atoms with van der Waals surface area (Å²) in [5.74, 6) is 1.78. The number of carboxylic acids is 2. The van der Waals surface area contributed by atoms with E-state index < -0.39 is 11.9 Å². The summed E-state index contributed by atoms with van der Waals surface area (Å²) in [6, 6.07) is 0. The molecule has 0 N–H and O–H groups in total. The molecule has 0 fully saturated rings. The number of hydrogen-bond donors (Lipinski definition) is 0. The maximum absolute atomic E-state index is 10.3. The zero-order valence-corrected chi connectivity index (χ0v) is 36.1. The zero-order valence-electron chi connectivity index (χ0n) is 33.0. The molecule has 4 nitrogen and oxygen atoms in total. The third-order valence-electron chi connectivity index (χ3n) is 9.19. The van der Waals surface area contributed by atoms with Gasteiger partial charge in [0, 0.05) is 11.9 Å². The van der Waals surface area contributed by atoms with Crippen LogP contribution in [-0.2, 0) is 9.59 Å². The van der Waals surface area contributed by atoms with Crippen LogP contribution in [0.1, 0.15) is 232 Å². The second-order valence-corrected chi connectivity index (χ2v) is 16.5. The fraction of sp³-hybridized carbons (Fsp3) is 0.952. The molecule has 0 saturated carbocycles. The number of carbonyl (C=O) groups excluding carboxylic acids is 2. The second-order valence-electron chi connectivity index (χ2n) is 14.1. The third kappa shape index (κ3) is 58.0. The molecule has 0 aliphatic rings. The Morgan fingerprint density at radius 2 is 0.510 bits per heavy atom. The summed E-state index contributed by atoms with van der Waals surface area (Å²) < 4.78 is 0. The quantitative estimate of drug-likeness (QED) is 0.0460. The molecule has 0 aromatic carbocycles. The van der Waals surface area contributed by atoms with E-state index in [1.54, 1.807) is 23.5 Å². The summed E-state index contributed by atoms with van der Waals surface area (Å²) in [4.78, 5) is 20.5. The average Bonchev–Trinajstić information content (AvgIpc) is 3.07. The van der Waals surface area contributed by atoms with Gasteiger partial charge in [-0.25, -0.2) is 0 Å². The minimum Gasteiger partial charge on any atom is -0.550 e. The number of unbranched alkanes of at least 4 members (excludes halogenated alkanes) is 30. The van der Waals surface area contributed by atoms with Gasteiger partial charge in [-0.1, -0.05) is 206 Å². The normalized spacial score (nSPS) is 10.8. The largest absolute Gasteiger partial charge is 2.00 e. The SMILES string of the molecule is CCCCCCCCCCCCCCCCCCSCCC(=O)[O-].CCCCCCCCCCCCCCCCCCSCCC(=O)[O-].[Mg+2]. The van der Waals surface area contributed by atoms with Crippen LogP contribution in [-0.4, -0.2) is 58.0 Å². The minimum atomic E-state index is -0.922. The van der Waals surface area contributed by atoms with Gasteiger partial charge in [0.25, 0.3) is 0 Å². The molecule has 0 radical (unpaired) electrons. The van der Waals surface area contributed by atoms with E-state index in [-0.39, 0.29) is 35.9 Å². The summed E-state index contributed by atoms with van der Waals surface area (Å²) in [5, 5.41) is 20.5. The molecule has 0 unspecified atom stereocenters. The average molecular weight is 740 g/mol. The summed E-state index contributed by atoms with van der Waals surface area (Å²) in [7, 11) is 0. The number of rotatable bonds is 40. The van der Waals surface area contributed by atoms with Crippen molar-refractivity contribution < 1.29 is 19.8 Å². The topological polar surface area (TPSA) is 80.3 Å². The third-order valence-corrected chi connectivity index (χ3v) is 11.3. The van der Waals surface area contributed by atoms with Gasteiger partial charge >= 0.3 is 23.1 Å². The number of aliphatic carboxylic acids is 2. The molecule has 0 amide bonds. The molecule has 0 aromatic rings. The van der Waals surface area contributed by atoms with Crippen molar-refractivity contribution in [3.05, 3.63) is 0 Å². The van der Waals surface area contributed by atoms with Gasteiger partial charge in [0.15, 0.2) is 0 Å². The fourth-order valence-electron chi connectivity index (χ4n) is 6.02. The van der Waals surface area contributed by atoms with Gasteiger partial charge in [0.2, 0.25) is 0 Å². The summed E-state index contributed by atoms with van der Waals surface area (Å²) in [5.41, 5.74) is 0. The molecular formula is C42H82MgO4S2. The van der Waals surface area contributed by atoms with Crippen molar-refractivity contribution in [2.45, 2.75) is 232 Å². The van der Waals surface area contributed by atoms with Crippen molar-refractivity contribution in [2.24, 2.45) is 0 Å². The maximum atomic E-state index is 10.3. The Morgan fingerprint density at radius 1 is 0.327 bits per heavy atom. The number of hydrogen-bond acceptors (Lipinski definition) is 6. The van der Waals surface area contributed by atoms with Gasteiger partial charge in [-0.3, -0.25) is 0 Å². The number of carbonyl (C=O) groups is 2. The van der Waals surface area contributed by atoms with Crippen molar-refractivity contribution in [3.63, 3.8) is 0 Å². The van der Waals surface area contributed by atoms with Crippen LogP contribution in [0.5, 0.6) is 0 Å². The Labute approximate surface area is 331 Å². The predicted octanol–water partition coefficient (Wildman–Crippen LogP) is 11.9. The van der Waals surface area contributed by atoms with E-state index in [0.29, 0.717) is 11.5 Å². The van der Waals surface area contributed by atoms with Crippen LogP contribution < -0.4 is 10.2 Å². The summed E-state index contributed by atoms with van der Waals surface area (Å²) in [6.45, 7) is 4.56. The van der Waals surface area contributed by atoms with E-state index in [4.69, 9.17) is 0 Å². The van der Waals surface area contributed by atoms with Gasteiger partial charge < -0.3 is 19.8 Å². The van der Waals surface area contributed by atoms with E-state index in [9.17, 15) is 19.8 Å². The molecule has 0 heterocycles. The van der Waals surface area contributed by atoms with Crippen LogP contribution in [0, 0.1) is 0 Å². The van der Waals surface area contributed by atoms with E-state index >= 15 is 0 Å². The molecule has 0 bridgehead atoms. The molecular weight excluding hydrogens is 657 g/mol. The van der Waals surface area contributed by atoms with Gasteiger partial charge in [-0.2, -0.15) is 23.5 Å². The van der Waals surface area contributed by atoms with E-state index in [2.05, 4.69) is 13.8 Å². The van der Waals surface area contributed by atoms with E-state index in [0.717, 1.165) is 11.5 Å². The van der Waals surface area contributed by atoms with Crippen molar-refractivity contribution in [1.82, 2.24) is 0 Å². The minimum absolute atomic E-state index is 0. The smallest absolute Gasteiger partial charge is 0.550 e. The summed E-state index contributed by atoms with van der Waals surface area (Å²) >= 11 is 3.49. The Bertz CT molecular complexity index is 571. The Hall–Kier alpha value is 0.406. The molecule has 0 aliphatic heterocycles. The number of thioether (sulfide) groups is 2. The van der Waals surface area contributed by atoms with Gasteiger partial charge in [-0.05, 0) is 48.7 Å². The predicted molar refractivity (Wildman–Crippen MR) is 219 cm³/mol. The first-order valence-corrected chi connectivity index (χ1v) is 23.4. The van der Waals surface area contributed by atoms with Crippen LogP contribution in [0.2, 0.25) is 0 Å². The second kappa shape index (κ2) is 50.5. The van der Waals surface area contributed by atoms with Crippen LogP contribution in [0.4, 0.5) is 0 Å². The molecule has 0 atom stereocenters. The van der Waals surface area contributed by atoms with Crippen LogP contribution >= 0.6 is 23.5 Å². The Kier molecular flexibility index (Phi) is 55.4. The van der Waals surface area contributed by atoms with Gasteiger partial charge in [0.05, 0.1) is 0 Å². The van der Waals surface area contributed by atoms with Crippen molar-refractivity contribution in [3.8, 4) is 0 Å². The molecule has 49 heavy (non-hydrogen) atoms. The first-order valence-electron chi connectivity index (χ1n) is 21.1. The Morgan fingerprint density at radius 3 is 0.694 bits per heavy atom. The Balaban J connectivity index is -0.000000846. The molecule has 0 saturated heterocycles. The zero-order chi connectivity index (χ0) is 35.4. The van der Waals surface area contributed by atoms with Crippen LogP contribution in [0.25, 0.3) is 0 Å². The standard InChI is InChI=1S/2C21H42O2S.Mg/c2*1-2-3-4-5-6-7-8-9-10-11-12-13-14-15-16-17-19-24-20-18-21(22)23;/h2*2-20H2,1H3,(H,22,23);/q;;+2/p-2. The molecule has 0 aliphatic carbocycles. The fourth-order valence-corrected chi connectivity index (χ4v) is 7.87. The molecule has 288 valence electrons. The monoisotopic (exact) mass is 739 g/mol. The molecule has 7 heteroatoms. The van der Waals surface area contributed by atoms with Crippen molar-refractivity contribution >= 4 is 58.5 Å². The van der Waals surface area contributed by atoms with Crippen LogP contribution in [0.3, 0.4) is 0 Å². The van der Waals surface area contributed by atoms with Crippen molar-refractivity contribution in [1.29, 1.82) is 0 Å². The first kappa shape index (κ1) is 53.8. The van der Waals surface area contributed by atoms with Gasteiger partial charge in [-0.15, -0.1) is 0 Å². The van der Waals surface area contributed by atoms with Gasteiger partial charge in [0.1, 0.15) is 0 Å². The van der Waals surface area contributed by atoms with E-state index in [1.807, 2.05) is 0 Å². The summed E-state index contributed by atoms with van der Waals surface area (Å²) in [6.07, 6.45) is 45.1. The molecule has 0 spiro atoms. The molecule has 0 rings (SSSR count).